The number of rotatable bonds is 8. The maximum absolute atomic E-state index is 12.4. The molecule has 168 valence electrons. The molecule has 32 heavy (non-hydrogen) atoms. The number of thioether (sulfide) groups is 1. The van der Waals surface area contributed by atoms with Crippen molar-refractivity contribution in [2.24, 2.45) is 0 Å². The average Bonchev–Trinajstić information content (AvgIpc) is 3.36. The zero-order valence-corrected chi connectivity index (χ0v) is 19.0. The molecule has 0 unspecified atom stereocenters. The minimum Gasteiger partial charge on any atom is -0.494 e. The van der Waals surface area contributed by atoms with Gasteiger partial charge in [-0.2, -0.15) is 0 Å². The standard InChI is InChI=1S/C20H22N6O4S2/c1-2-30-17-7-5-16(6-8-17)26-19(15-4-3-9-21-12-15)22-23-20(26)31-13-18(27)24-25-10-11-32(28,29)14-25/h3-9,12H,2,10-11,13-14H2,1H3,(H,24,27). The van der Waals surface area contributed by atoms with E-state index < -0.39 is 9.84 Å². The van der Waals surface area contributed by atoms with E-state index in [2.05, 4.69) is 20.6 Å². The number of pyridine rings is 1. The van der Waals surface area contributed by atoms with Crippen LogP contribution >= 0.6 is 11.8 Å². The topological polar surface area (TPSA) is 119 Å². The third-order valence-corrected chi connectivity index (χ3v) is 7.04. The summed E-state index contributed by atoms with van der Waals surface area (Å²) in [5.74, 6) is 0.963. The monoisotopic (exact) mass is 474 g/mol. The van der Waals surface area contributed by atoms with Gasteiger partial charge in [0.2, 0.25) is 5.91 Å². The zero-order chi connectivity index (χ0) is 22.6. The van der Waals surface area contributed by atoms with Crippen LogP contribution in [0.1, 0.15) is 6.92 Å². The molecule has 1 aliphatic heterocycles. The van der Waals surface area contributed by atoms with Crippen LogP contribution in [0.25, 0.3) is 17.1 Å². The molecule has 0 atom stereocenters. The molecule has 3 heterocycles. The first kappa shape index (κ1) is 22.2. The van der Waals surface area contributed by atoms with E-state index in [0.29, 0.717) is 17.6 Å². The summed E-state index contributed by atoms with van der Waals surface area (Å²) in [4.78, 5) is 16.5. The van der Waals surface area contributed by atoms with E-state index in [1.54, 1.807) is 12.4 Å². The summed E-state index contributed by atoms with van der Waals surface area (Å²) >= 11 is 1.21. The lowest BCUT2D eigenvalue weighted by atomic mass is 10.2. The summed E-state index contributed by atoms with van der Waals surface area (Å²) in [6.45, 7) is 2.78. The van der Waals surface area contributed by atoms with Crippen molar-refractivity contribution in [1.29, 1.82) is 0 Å². The second-order valence-electron chi connectivity index (χ2n) is 6.97. The lowest BCUT2D eigenvalue weighted by molar-refractivity contribution is -0.122. The summed E-state index contributed by atoms with van der Waals surface area (Å²) in [5.41, 5.74) is 4.23. The minimum atomic E-state index is -3.12. The van der Waals surface area contributed by atoms with Crippen LogP contribution in [0, 0.1) is 0 Å². The highest BCUT2D eigenvalue weighted by atomic mass is 32.2. The van der Waals surface area contributed by atoms with Crippen LogP contribution in [0.5, 0.6) is 5.75 Å². The Hall–Kier alpha value is -2.96. The number of carbonyl (C=O) groups is 1. The van der Waals surface area contributed by atoms with E-state index in [-0.39, 0.29) is 29.8 Å². The molecule has 1 fully saturated rings. The number of amides is 1. The van der Waals surface area contributed by atoms with E-state index in [0.717, 1.165) is 17.0 Å². The summed E-state index contributed by atoms with van der Waals surface area (Å²) < 4.78 is 30.5. The summed E-state index contributed by atoms with van der Waals surface area (Å²) in [6.07, 6.45) is 3.38. The fraction of sp³-hybridized carbons (Fsp3) is 0.300. The van der Waals surface area contributed by atoms with Gasteiger partial charge >= 0.3 is 0 Å². The number of benzene rings is 1. The van der Waals surface area contributed by atoms with E-state index in [4.69, 9.17) is 4.74 Å². The SMILES string of the molecule is CCOc1ccc(-n2c(SCC(=O)NN3CCS(=O)(=O)C3)nnc2-c2cccnc2)cc1. The van der Waals surface area contributed by atoms with Crippen molar-refractivity contribution in [3.63, 3.8) is 0 Å². The molecule has 1 amide bonds. The number of ether oxygens (including phenoxy) is 1. The van der Waals surface area contributed by atoms with Crippen LogP contribution in [-0.2, 0) is 14.6 Å². The van der Waals surface area contributed by atoms with Crippen molar-refractivity contribution >= 4 is 27.5 Å². The zero-order valence-electron chi connectivity index (χ0n) is 17.3. The van der Waals surface area contributed by atoms with Crippen molar-refractivity contribution in [2.45, 2.75) is 12.1 Å². The predicted molar refractivity (Wildman–Crippen MR) is 120 cm³/mol. The Morgan fingerprint density at radius 3 is 2.69 bits per heavy atom. The first-order valence-corrected chi connectivity index (χ1v) is 12.7. The van der Waals surface area contributed by atoms with E-state index in [1.807, 2.05) is 47.9 Å². The first-order chi connectivity index (χ1) is 15.4. The minimum absolute atomic E-state index is 0.0426. The van der Waals surface area contributed by atoms with Crippen LogP contribution in [0.15, 0.2) is 53.9 Å². The Bertz CT molecular complexity index is 1180. The molecular formula is C20H22N6O4S2. The molecule has 0 bridgehead atoms. The first-order valence-electron chi connectivity index (χ1n) is 9.92. The van der Waals surface area contributed by atoms with Gasteiger partial charge in [0.15, 0.2) is 20.8 Å². The van der Waals surface area contributed by atoms with Gasteiger partial charge < -0.3 is 4.74 Å². The van der Waals surface area contributed by atoms with Crippen molar-refractivity contribution in [3.05, 3.63) is 48.8 Å². The highest BCUT2D eigenvalue weighted by molar-refractivity contribution is 7.99. The lowest BCUT2D eigenvalue weighted by Crippen LogP contribution is -2.41. The van der Waals surface area contributed by atoms with Gasteiger partial charge in [0, 0.05) is 30.2 Å². The Labute approximate surface area is 189 Å². The Morgan fingerprint density at radius 2 is 2.03 bits per heavy atom. The molecule has 1 aliphatic rings. The fourth-order valence-corrected chi connectivity index (χ4v) is 5.22. The maximum atomic E-state index is 12.4. The molecule has 0 spiro atoms. The number of nitrogens with one attached hydrogen (secondary N) is 1. The number of hydrogen-bond donors (Lipinski definition) is 1. The molecule has 1 saturated heterocycles. The van der Waals surface area contributed by atoms with Crippen LogP contribution in [0.4, 0.5) is 0 Å². The van der Waals surface area contributed by atoms with Gasteiger partial charge in [0.1, 0.15) is 11.6 Å². The van der Waals surface area contributed by atoms with Gasteiger partial charge in [0.25, 0.3) is 0 Å². The van der Waals surface area contributed by atoms with Crippen LogP contribution in [0.3, 0.4) is 0 Å². The van der Waals surface area contributed by atoms with Crippen molar-refractivity contribution in [3.8, 4) is 22.8 Å². The van der Waals surface area contributed by atoms with Crippen molar-refractivity contribution in [2.75, 3.05) is 30.5 Å². The van der Waals surface area contributed by atoms with Gasteiger partial charge in [0.05, 0.1) is 18.1 Å². The lowest BCUT2D eigenvalue weighted by Gasteiger charge is -2.15. The van der Waals surface area contributed by atoms with Crippen molar-refractivity contribution < 1.29 is 17.9 Å². The van der Waals surface area contributed by atoms with E-state index in [9.17, 15) is 13.2 Å². The number of carbonyl (C=O) groups excluding carboxylic acids is 1. The van der Waals surface area contributed by atoms with E-state index >= 15 is 0 Å². The predicted octanol–water partition coefficient (Wildman–Crippen LogP) is 1.54. The molecule has 10 nitrogen and oxygen atoms in total. The second kappa shape index (κ2) is 9.67. The van der Waals surface area contributed by atoms with Crippen LogP contribution in [-0.4, -0.2) is 69.6 Å². The highest BCUT2D eigenvalue weighted by Crippen LogP contribution is 2.28. The number of hydrazine groups is 1. The molecule has 0 aliphatic carbocycles. The number of nitrogens with zero attached hydrogens (tertiary/aromatic N) is 5. The number of sulfone groups is 1. The Balaban J connectivity index is 1.55. The molecule has 4 rings (SSSR count). The Morgan fingerprint density at radius 1 is 1.22 bits per heavy atom. The number of aromatic nitrogens is 4. The second-order valence-corrected chi connectivity index (χ2v) is 10.1. The van der Waals surface area contributed by atoms with Gasteiger partial charge in [-0.25, -0.2) is 13.4 Å². The Kier molecular flexibility index (Phi) is 6.72. The van der Waals surface area contributed by atoms with Gasteiger partial charge in [-0.05, 0) is 43.3 Å². The summed E-state index contributed by atoms with van der Waals surface area (Å²) in [7, 11) is -3.12. The smallest absolute Gasteiger partial charge is 0.244 e. The van der Waals surface area contributed by atoms with Gasteiger partial charge in [-0.3, -0.25) is 19.8 Å². The molecule has 0 radical (unpaired) electrons. The van der Waals surface area contributed by atoms with Crippen LogP contribution in [0.2, 0.25) is 0 Å². The van der Waals surface area contributed by atoms with Crippen molar-refractivity contribution in [1.82, 2.24) is 30.2 Å². The van der Waals surface area contributed by atoms with E-state index in [1.165, 1.54) is 16.8 Å². The molecule has 1 N–H and O–H groups in total. The molecular weight excluding hydrogens is 452 g/mol. The number of hydrogen-bond acceptors (Lipinski definition) is 9. The summed E-state index contributed by atoms with van der Waals surface area (Å²) in [6, 6.07) is 11.2. The average molecular weight is 475 g/mol. The molecule has 12 heteroatoms. The maximum Gasteiger partial charge on any atom is 0.244 e. The van der Waals surface area contributed by atoms with Crippen LogP contribution < -0.4 is 10.2 Å². The third-order valence-electron chi connectivity index (χ3n) is 4.60. The molecule has 1 aromatic carbocycles. The molecule has 2 aromatic heterocycles. The molecule has 0 saturated carbocycles. The van der Waals surface area contributed by atoms with Gasteiger partial charge in [-0.1, -0.05) is 11.8 Å². The third kappa shape index (κ3) is 5.26. The quantitative estimate of drug-likeness (QED) is 0.485. The largest absolute Gasteiger partial charge is 0.494 e. The van der Waals surface area contributed by atoms with Gasteiger partial charge in [-0.15, -0.1) is 10.2 Å². The highest BCUT2D eigenvalue weighted by Gasteiger charge is 2.27. The summed E-state index contributed by atoms with van der Waals surface area (Å²) in [5, 5.41) is 10.5. The normalized spacial score (nSPS) is 15.5. The molecule has 3 aromatic rings. The fourth-order valence-electron chi connectivity index (χ4n) is 3.18.